The maximum Gasteiger partial charge on any atom is 0.433 e. The molecule has 2 aliphatic rings. The number of nitrogens with one attached hydrogen (secondary N) is 1. The third kappa shape index (κ3) is 2.83. The van der Waals surface area contributed by atoms with E-state index in [1.54, 1.807) is 6.92 Å². The second-order valence-corrected chi connectivity index (χ2v) is 6.94. The van der Waals surface area contributed by atoms with Crippen molar-refractivity contribution in [2.75, 3.05) is 5.75 Å². The van der Waals surface area contributed by atoms with Crippen LogP contribution in [0.2, 0.25) is 0 Å². The maximum absolute atomic E-state index is 12.8. The van der Waals surface area contributed by atoms with Gasteiger partial charge in [-0.15, -0.1) is 11.8 Å². The molecule has 3 rings (SSSR count). The second-order valence-electron chi connectivity index (χ2n) is 5.83. The number of carbonyl (C=O) groups is 3. The van der Waals surface area contributed by atoms with Gasteiger partial charge in [-0.25, -0.2) is 4.79 Å². The van der Waals surface area contributed by atoms with E-state index >= 15 is 0 Å². The van der Waals surface area contributed by atoms with E-state index in [9.17, 15) is 32.7 Å². The number of β-lactam (4-membered cyclic amide) rings is 1. The van der Waals surface area contributed by atoms with E-state index in [2.05, 4.69) is 10.4 Å². The number of hydrogen-bond donors (Lipinski definition) is 2. The Kier molecular flexibility index (Phi) is 4.25. The molecule has 0 saturated carbocycles. The fourth-order valence-corrected chi connectivity index (χ4v) is 4.13. The van der Waals surface area contributed by atoms with E-state index in [1.807, 2.05) is 0 Å². The average Bonchev–Trinajstić information content (AvgIpc) is 2.94. The molecule has 8 nitrogen and oxygen atoms in total. The highest BCUT2D eigenvalue weighted by Crippen LogP contribution is 2.40. The van der Waals surface area contributed by atoms with Crippen molar-refractivity contribution in [3.05, 3.63) is 28.7 Å². The normalized spacial score (nSPS) is 22.8. The van der Waals surface area contributed by atoms with Gasteiger partial charge in [-0.05, 0) is 12.5 Å². The molecule has 1 saturated heterocycles. The van der Waals surface area contributed by atoms with Crippen LogP contribution in [0.15, 0.2) is 17.3 Å². The van der Waals surface area contributed by atoms with Gasteiger partial charge in [0.05, 0.1) is 0 Å². The molecule has 2 atom stereocenters. The Morgan fingerprint density at radius 3 is 2.62 bits per heavy atom. The molecule has 3 heterocycles. The summed E-state index contributed by atoms with van der Waals surface area (Å²) in [5.41, 5.74) is -1.17. The molecule has 1 aromatic heterocycles. The first-order valence-electron chi connectivity index (χ1n) is 7.32. The van der Waals surface area contributed by atoms with Crippen LogP contribution in [0.5, 0.6) is 0 Å². The van der Waals surface area contributed by atoms with Crippen LogP contribution < -0.4 is 5.32 Å². The molecule has 0 bridgehead atoms. The molecule has 1 fully saturated rings. The fourth-order valence-electron chi connectivity index (χ4n) is 2.83. The van der Waals surface area contributed by atoms with Crippen molar-refractivity contribution >= 4 is 29.5 Å². The molecule has 2 aliphatic heterocycles. The Labute approximate surface area is 149 Å². The topological polar surface area (TPSA) is 105 Å². The van der Waals surface area contributed by atoms with Crippen molar-refractivity contribution < 1.29 is 32.7 Å². The van der Waals surface area contributed by atoms with Gasteiger partial charge < -0.3 is 10.4 Å². The van der Waals surface area contributed by atoms with Crippen LogP contribution in [0.25, 0.3) is 0 Å². The third-order valence-electron chi connectivity index (χ3n) is 4.05. The number of carbonyl (C=O) groups excluding carboxylic acids is 2. The first-order chi connectivity index (χ1) is 12.0. The Morgan fingerprint density at radius 1 is 1.42 bits per heavy atom. The summed E-state index contributed by atoms with van der Waals surface area (Å²) >= 11 is 1.27. The molecule has 140 valence electrons. The smallest absolute Gasteiger partial charge is 0.433 e. The van der Waals surface area contributed by atoms with Crippen LogP contribution in [0.3, 0.4) is 0 Å². The highest BCUT2D eigenvalue weighted by molar-refractivity contribution is 8.00. The third-order valence-corrected chi connectivity index (χ3v) is 5.48. The number of carboxylic acid groups (broad SMARTS) is 1. The summed E-state index contributed by atoms with van der Waals surface area (Å²) in [5, 5.41) is 14.5. The zero-order valence-electron chi connectivity index (χ0n) is 13.5. The number of aromatic nitrogens is 2. The Balaban J connectivity index is 1.77. The summed E-state index contributed by atoms with van der Waals surface area (Å²) in [6.45, 7) is 1.60. The molecule has 12 heteroatoms. The number of fused-ring (bicyclic) bond motifs is 1. The van der Waals surface area contributed by atoms with Crippen molar-refractivity contribution in [2.24, 2.45) is 7.05 Å². The van der Waals surface area contributed by atoms with Crippen molar-refractivity contribution in [1.82, 2.24) is 20.0 Å². The van der Waals surface area contributed by atoms with Crippen molar-refractivity contribution in [1.29, 1.82) is 0 Å². The monoisotopic (exact) mass is 390 g/mol. The van der Waals surface area contributed by atoms with Gasteiger partial charge in [0, 0.05) is 18.9 Å². The number of carboxylic acids is 1. The highest BCUT2D eigenvalue weighted by atomic mass is 32.2. The molecule has 0 unspecified atom stereocenters. The minimum absolute atomic E-state index is 0.124. The lowest BCUT2D eigenvalue weighted by Crippen LogP contribution is -2.70. The number of thioether (sulfide) groups is 1. The lowest BCUT2D eigenvalue weighted by molar-refractivity contribution is -0.148. The van der Waals surface area contributed by atoms with Crippen LogP contribution in [-0.2, 0) is 22.8 Å². The number of aryl methyl sites for hydroxylation is 1. The SMILES string of the molecule is CC1=C(C(=O)O)N2C(=O)[C@@H](NC(=O)c3cc(C(F)(F)F)n(C)n3)[C@@H]2SC1. The molecule has 1 aromatic rings. The van der Waals surface area contributed by atoms with E-state index < -0.39 is 46.8 Å². The lowest BCUT2D eigenvalue weighted by Gasteiger charge is -2.49. The van der Waals surface area contributed by atoms with E-state index in [0.29, 0.717) is 22.1 Å². The summed E-state index contributed by atoms with van der Waals surface area (Å²) in [4.78, 5) is 36.8. The van der Waals surface area contributed by atoms with E-state index in [0.717, 1.165) is 11.9 Å². The Hall–Kier alpha value is -2.50. The fraction of sp³-hybridized carbons (Fsp3) is 0.429. The van der Waals surface area contributed by atoms with E-state index in [-0.39, 0.29) is 5.70 Å². The second kappa shape index (κ2) is 6.04. The van der Waals surface area contributed by atoms with Gasteiger partial charge in [-0.1, -0.05) is 0 Å². The van der Waals surface area contributed by atoms with Gasteiger partial charge in [0.1, 0.15) is 22.8 Å². The number of rotatable bonds is 3. The summed E-state index contributed by atoms with van der Waals surface area (Å²) in [7, 11) is 1.06. The van der Waals surface area contributed by atoms with Crippen molar-refractivity contribution in [3.63, 3.8) is 0 Å². The first kappa shape index (κ1) is 18.3. The van der Waals surface area contributed by atoms with Crippen LogP contribution in [0, 0.1) is 0 Å². The molecule has 2 N–H and O–H groups in total. The zero-order valence-corrected chi connectivity index (χ0v) is 14.3. The number of halogens is 3. The molecule has 0 radical (unpaired) electrons. The van der Waals surface area contributed by atoms with Gasteiger partial charge in [-0.2, -0.15) is 18.3 Å². The maximum atomic E-state index is 12.8. The summed E-state index contributed by atoms with van der Waals surface area (Å²) in [5.74, 6) is -2.44. The quantitative estimate of drug-likeness (QED) is 0.741. The number of nitrogens with zero attached hydrogens (tertiary/aromatic N) is 3. The number of amides is 2. The van der Waals surface area contributed by atoms with Crippen LogP contribution in [-0.4, -0.2) is 54.7 Å². The Morgan fingerprint density at radius 2 is 2.08 bits per heavy atom. The standard InChI is InChI=1S/C14H13F3N4O4S/c1-5-4-26-12-8(11(23)21(12)9(5)13(24)25)18-10(22)6-3-7(14(15,16)17)20(2)19-6/h3,8,12H,4H2,1-2H3,(H,18,22)(H,24,25)/t8-,12+/m1/s1. The van der Waals surface area contributed by atoms with E-state index in [4.69, 9.17) is 0 Å². The molecular formula is C14H13F3N4O4S. The van der Waals surface area contributed by atoms with Crippen LogP contribution in [0.1, 0.15) is 23.1 Å². The molecule has 0 aliphatic carbocycles. The molecule has 0 aromatic carbocycles. The summed E-state index contributed by atoms with van der Waals surface area (Å²) in [6, 6.07) is -0.428. The van der Waals surface area contributed by atoms with Gasteiger partial charge in [0.2, 0.25) is 0 Å². The minimum atomic E-state index is -4.67. The van der Waals surface area contributed by atoms with Crippen LogP contribution in [0.4, 0.5) is 13.2 Å². The predicted molar refractivity (Wildman–Crippen MR) is 82.9 cm³/mol. The largest absolute Gasteiger partial charge is 0.477 e. The van der Waals surface area contributed by atoms with Crippen molar-refractivity contribution in [2.45, 2.75) is 24.5 Å². The zero-order chi connectivity index (χ0) is 19.4. The molecule has 26 heavy (non-hydrogen) atoms. The van der Waals surface area contributed by atoms with Gasteiger partial charge in [0.25, 0.3) is 11.8 Å². The van der Waals surface area contributed by atoms with Gasteiger partial charge >= 0.3 is 12.1 Å². The summed E-state index contributed by atoms with van der Waals surface area (Å²) in [6.07, 6.45) is -4.67. The highest BCUT2D eigenvalue weighted by Gasteiger charge is 2.54. The molecular weight excluding hydrogens is 377 g/mol. The van der Waals surface area contributed by atoms with Gasteiger partial charge in [0.15, 0.2) is 5.69 Å². The van der Waals surface area contributed by atoms with Crippen molar-refractivity contribution in [3.8, 4) is 0 Å². The molecule has 0 spiro atoms. The van der Waals surface area contributed by atoms with Crippen LogP contribution >= 0.6 is 11.8 Å². The molecule has 2 amide bonds. The summed E-state index contributed by atoms with van der Waals surface area (Å²) < 4.78 is 38.9. The lowest BCUT2D eigenvalue weighted by atomic mass is 10.0. The minimum Gasteiger partial charge on any atom is -0.477 e. The van der Waals surface area contributed by atoms with Gasteiger partial charge in [-0.3, -0.25) is 19.2 Å². The predicted octanol–water partition coefficient (Wildman–Crippen LogP) is 0.811. The Bertz CT molecular complexity index is 848. The number of alkyl halides is 3. The number of aliphatic carboxylic acids is 1. The first-order valence-corrected chi connectivity index (χ1v) is 8.37. The number of hydrogen-bond acceptors (Lipinski definition) is 5. The van der Waals surface area contributed by atoms with E-state index in [1.165, 1.54) is 11.8 Å². The average molecular weight is 390 g/mol.